The Morgan fingerprint density at radius 3 is 2.26 bits per heavy atom. The summed E-state index contributed by atoms with van der Waals surface area (Å²) in [7, 11) is 0. The topological polar surface area (TPSA) is 6.48 Å². The number of rotatable bonds is 6. The zero-order chi connectivity index (χ0) is 13.5. The van der Waals surface area contributed by atoms with Crippen molar-refractivity contribution in [1.29, 1.82) is 0 Å². The molecule has 0 spiro atoms. The van der Waals surface area contributed by atoms with E-state index in [2.05, 4.69) is 16.7 Å². The van der Waals surface area contributed by atoms with Gasteiger partial charge in [0.1, 0.15) is 5.82 Å². The van der Waals surface area contributed by atoms with E-state index < -0.39 is 0 Å². The first-order valence-corrected chi connectivity index (χ1v) is 7.32. The molecule has 0 atom stereocenters. The number of unbranched alkanes of at least 4 members (excludes halogenated alkanes) is 3. The van der Waals surface area contributed by atoms with Crippen LogP contribution >= 0.6 is 0 Å². The molecule has 1 aromatic carbocycles. The zero-order valence-electron chi connectivity index (χ0n) is 11.7. The van der Waals surface area contributed by atoms with Crippen LogP contribution in [0.2, 0.25) is 0 Å². The Bertz CT molecular complexity index is 356. The third kappa shape index (κ3) is 4.50. The maximum Gasteiger partial charge on any atom is 0.123 e. The highest BCUT2D eigenvalue weighted by Crippen LogP contribution is 2.17. The largest absolute Gasteiger partial charge is 0.369 e. The van der Waals surface area contributed by atoms with Crippen molar-refractivity contribution in [1.82, 2.24) is 4.90 Å². The molecule has 1 saturated heterocycles. The summed E-state index contributed by atoms with van der Waals surface area (Å²) in [6.07, 6.45) is 4.88. The van der Waals surface area contributed by atoms with E-state index in [-0.39, 0.29) is 5.82 Å². The molecule has 105 valence electrons. The van der Waals surface area contributed by atoms with Crippen LogP contribution in [-0.2, 0) is 0 Å². The van der Waals surface area contributed by atoms with Crippen molar-refractivity contribution in [2.75, 3.05) is 37.6 Å². The highest BCUT2D eigenvalue weighted by atomic mass is 19.1. The molecule has 0 saturated carbocycles. The number of piperazine rings is 1. The van der Waals surface area contributed by atoms with E-state index in [0.29, 0.717) is 0 Å². The molecule has 1 radical (unpaired) electrons. The minimum absolute atomic E-state index is 0.159. The Morgan fingerprint density at radius 1 is 0.947 bits per heavy atom. The fraction of sp³-hybridized carbons (Fsp3) is 0.562. The number of anilines is 1. The Balaban J connectivity index is 1.71. The second-order valence-electron chi connectivity index (χ2n) is 5.22. The Kier molecular flexibility index (Phi) is 5.64. The van der Waals surface area contributed by atoms with E-state index >= 15 is 0 Å². The number of halogens is 1. The molecule has 0 bridgehead atoms. The maximum atomic E-state index is 12.9. The van der Waals surface area contributed by atoms with Crippen LogP contribution in [0.1, 0.15) is 25.7 Å². The van der Waals surface area contributed by atoms with Crippen molar-refractivity contribution in [2.45, 2.75) is 25.7 Å². The van der Waals surface area contributed by atoms with Crippen molar-refractivity contribution in [3.05, 3.63) is 37.0 Å². The van der Waals surface area contributed by atoms with Gasteiger partial charge >= 0.3 is 0 Å². The number of nitrogens with zero attached hydrogens (tertiary/aromatic N) is 2. The van der Waals surface area contributed by atoms with Crippen LogP contribution in [0.15, 0.2) is 24.3 Å². The van der Waals surface area contributed by atoms with Gasteiger partial charge in [-0.1, -0.05) is 26.2 Å². The molecular weight excluding hydrogens is 239 g/mol. The molecule has 1 aromatic rings. The van der Waals surface area contributed by atoms with Crippen molar-refractivity contribution in [2.24, 2.45) is 0 Å². The normalized spacial score (nSPS) is 16.8. The van der Waals surface area contributed by atoms with Crippen molar-refractivity contribution in [3.63, 3.8) is 0 Å². The first-order valence-electron chi connectivity index (χ1n) is 7.32. The van der Waals surface area contributed by atoms with Gasteiger partial charge in [0, 0.05) is 31.9 Å². The van der Waals surface area contributed by atoms with Crippen molar-refractivity contribution < 1.29 is 4.39 Å². The van der Waals surface area contributed by atoms with Gasteiger partial charge in [0.2, 0.25) is 0 Å². The Labute approximate surface area is 116 Å². The zero-order valence-corrected chi connectivity index (χ0v) is 11.7. The molecule has 0 unspecified atom stereocenters. The summed E-state index contributed by atoms with van der Waals surface area (Å²) in [5.74, 6) is -0.159. The average Bonchev–Trinajstić information content (AvgIpc) is 2.45. The minimum atomic E-state index is -0.159. The fourth-order valence-corrected chi connectivity index (χ4v) is 2.57. The minimum Gasteiger partial charge on any atom is -0.369 e. The van der Waals surface area contributed by atoms with E-state index in [1.807, 2.05) is 12.1 Å². The van der Waals surface area contributed by atoms with Gasteiger partial charge < -0.3 is 4.90 Å². The van der Waals surface area contributed by atoms with E-state index in [9.17, 15) is 4.39 Å². The molecule has 1 heterocycles. The number of hydrogen-bond donors (Lipinski definition) is 0. The van der Waals surface area contributed by atoms with Crippen LogP contribution in [0.3, 0.4) is 0 Å². The van der Waals surface area contributed by atoms with Crippen LogP contribution in [0.25, 0.3) is 0 Å². The van der Waals surface area contributed by atoms with Gasteiger partial charge in [-0.25, -0.2) is 4.39 Å². The fourth-order valence-electron chi connectivity index (χ4n) is 2.57. The van der Waals surface area contributed by atoms with Gasteiger partial charge in [0.05, 0.1) is 0 Å². The molecule has 1 aliphatic rings. The lowest BCUT2D eigenvalue weighted by atomic mass is 10.2. The molecule has 0 amide bonds. The molecule has 19 heavy (non-hydrogen) atoms. The van der Waals surface area contributed by atoms with Gasteiger partial charge in [0.15, 0.2) is 0 Å². The molecule has 0 aromatic heterocycles. The molecule has 1 fully saturated rings. The van der Waals surface area contributed by atoms with Gasteiger partial charge in [0.25, 0.3) is 0 Å². The van der Waals surface area contributed by atoms with Gasteiger partial charge in [-0.05, 0) is 37.2 Å². The third-order valence-electron chi connectivity index (χ3n) is 3.79. The quantitative estimate of drug-likeness (QED) is 0.726. The molecule has 0 N–H and O–H groups in total. The van der Waals surface area contributed by atoms with Crippen LogP contribution in [-0.4, -0.2) is 37.6 Å². The standard InChI is InChI=1S/C16H24FN2/c1-2-3-4-5-10-18-11-13-19(14-12-18)16-8-6-15(17)7-9-16/h6-9H,1-5,10-14H2. The van der Waals surface area contributed by atoms with Crippen LogP contribution in [0.4, 0.5) is 10.1 Å². The predicted molar refractivity (Wildman–Crippen MR) is 78.9 cm³/mol. The van der Waals surface area contributed by atoms with E-state index in [0.717, 1.165) is 38.3 Å². The van der Waals surface area contributed by atoms with Gasteiger partial charge in [-0.15, -0.1) is 0 Å². The molecule has 2 rings (SSSR count). The molecule has 1 aliphatic heterocycles. The van der Waals surface area contributed by atoms with Crippen LogP contribution < -0.4 is 4.90 Å². The Hall–Kier alpha value is -1.09. The maximum absolute atomic E-state index is 12.9. The highest BCUT2D eigenvalue weighted by molar-refractivity contribution is 5.46. The second-order valence-corrected chi connectivity index (χ2v) is 5.22. The number of benzene rings is 1. The van der Waals surface area contributed by atoms with Crippen molar-refractivity contribution >= 4 is 5.69 Å². The first-order chi connectivity index (χ1) is 9.29. The molecule has 2 nitrogen and oxygen atoms in total. The van der Waals surface area contributed by atoms with Gasteiger partial charge in [-0.2, -0.15) is 0 Å². The lowest BCUT2D eigenvalue weighted by molar-refractivity contribution is 0.252. The predicted octanol–water partition coefficient (Wildman–Crippen LogP) is 3.34. The summed E-state index contributed by atoms with van der Waals surface area (Å²) in [5, 5.41) is 0. The summed E-state index contributed by atoms with van der Waals surface area (Å²) < 4.78 is 12.9. The lowest BCUT2D eigenvalue weighted by Gasteiger charge is -2.36. The SMILES string of the molecule is [CH2]CCCCCN1CCN(c2ccc(F)cc2)CC1. The summed E-state index contributed by atoms with van der Waals surface area (Å²) >= 11 is 0. The van der Waals surface area contributed by atoms with Crippen LogP contribution in [0, 0.1) is 12.7 Å². The summed E-state index contributed by atoms with van der Waals surface area (Å²) in [4.78, 5) is 4.87. The first kappa shape index (κ1) is 14.3. The van der Waals surface area contributed by atoms with E-state index in [4.69, 9.17) is 0 Å². The van der Waals surface area contributed by atoms with Crippen molar-refractivity contribution in [3.8, 4) is 0 Å². The summed E-state index contributed by atoms with van der Waals surface area (Å²) in [6.45, 7) is 9.39. The smallest absolute Gasteiger partial charge is 0.123 e. The third-order valence-corrected chi connectivity index (χ3v) is 3.79. The average molecular weight is 263 g/mol. The molecule has 3 heteroatoms. The monoisotopic (exact) mass is 263 g/mol. The lowest BCUT2D eigenvalue weighted by Crippen LogP contribution is -2.46. The molecule has 0 aliphatic carbocycles. The summed E-state index contributed by atoms with van der Waals surface area (Å²) in [6, 6.07) is 6.83. The summed E-state index contributed by atoms with van der Waals surface area (Å²) in [5.41, 5.74) is 1.14. The van der Waals surface area contributed by atoms with Gasteiger partial charge in [-0.3, -0.25) is 4.90 Å². The van der Waals surface area contributed by atoms with E-state index in [1.54, 1.807) is 12.1 Å². The highest BCUT2D eigenvalue weighted by Gasteiger charge is 2.16. The second kappa shape index (κ2) is 7.49. The van der Waals surface area contributed by atoms with E-state index in [1.165, 1.54) is 25.8 Å². The Morgan fingerprint density at radius 2 is 1.63 bits per heavy atom. The number of hydrogen-bond acceptors (Lipinski definition) is 2. The van der Waals surface area contributed by atoms with Crippen LogP contribution in [0.5, 0.6) is 0 Å². The molecular formula is C16H24FN2.